The van der Waals surface area contributed by atoms with Gasteiger partial charge in [0, 0.05) is 30.0 Å². The van der Waals surface area contributed by atoms with E-state index in [4.69, 9.17) is 4.74 Å². The fraction of sp³-hybridized carbons (Fsp3) is 0.167. The Hall–Kier alpha value is -3.92. The lowest BCUT2D eigenvalue weighted by Gasteiger charge is -2.18. The van der Waals surface area contributed by atoms with Crippen molar-refractivity contribution in [3.63, 3.8) is 0 Å². The number of carbonyl (C=O) groups excluding carboxylic acids is 1. The van der Waals surface area contributed by atoms with Crippen molar-refractivity contribution < 1.29 is 29.5 Å². The summed E-state index contributed by atoms with van der Waals surface area (Å²) in [6.07, 6.45) is -1.32. The highest BCUT2D eigenvalue weighted by molar-refractivity contribution is 9.10. The number of aromatic hydroxyl groups is 1. The summed E-state index contributed by atoms with van der Waals surface area (Å²) in [5.74, 6) is -1.91. The van der Waals surface area contributed by atoms with Gasteiger partial charge in [-0.05, 0) is 38.2 Å². The van der Waals surface area contributed by atoms with Crippen LogP contribution in [-0.2, 0) is 16.0 Å². The fourth-order valence-corrected chi connectivity index (χ4v) is 4.58. The van der Waals surface area contributed by atoms with E-state index >= 15 is 0 Å². The van der Waals surface area contributed by atoms with E-state index in [0.29, 0.717) is 0 Å². The van der Waals surface area contributed by atoms with Gasteiger partial charge in [0.1, 0.15) is 18.4 Å². The first kappa shape index (κ1) is 23.2. The third-order valence-electron chi connectivity index (χ3n) is 5.70. The van der Waals surface area contributed by atoms with Gasteiger partial charge in [-0.1, -0.05) is 48.5 Å². The summed E-state index contributed by atoms with van der Waals surface area (Å²) >= 11 is 2.99. The topological polar surface area (TPSA) is 139 Å². The quantitative estimate of drug-likeness (QED) is 0.302. The molecule has 0 bridgehead atoms. The Morgan fingerprint density at radius 3 is 2.24 bits per heavy atom. The second kappa shape index (κ2) is 9.52. The Labute approximate surface area is 202 Å². The smallest absolute Gasteiger partial charge is 0.407 e. The number of amides is 1. The van der Waals surface area contributed by atoms with Gasteiger partial charge in [-0.25, -0.2) is 9.59 Å². The van der Waals surface area contributed by atoms with E-state index in [-0.39, 0.29) is 40.4 Å². The molecule has 34 heavy (non-hydrogen) atoms. The molecule has 0 saturated heterocycles. The minimum absolute atomic E-state index is 0.00116. The number of carboxylic acids is 1. The number of aliphatic carboxylic acids is 1. The standard InChI is InChI=1S/C24H19BrN2O7/c25-19-11-22(28)13(10-21(19)27(32)33)9-20(23(29)30)26-24(31)34-12-18-16-7-3-1-5-14(16)15-6-2-4-8-17(15)18/h1-8,10-11,18,20,28H,9,12H2,(H,26,31)(H,29,30). The molecule has 0 aromatic heterocycles. The van der Waals surface area contributed by atoms with Crippen LogP contribution in [0.3, 0.4) is 0 Å². The van der Waals surface area contributed by atoms with E-state index in [1.165, 1.54) is 0 Å². The van der Waals surface area contributed by atoms with Crippen LogP contribution in [0.2, 0.25) is 0 Å². The molecule has 9 nitrogen and oxygen atoms in total. The number of nitrogens with zero attached hydrogens (tertiary/aromatic N) is 1. The zero-order chi connectivity index (χ0) is 24.4. The normalized spacial score (nSPS) is 13.0. The zero-order valence-electron chi connectivity index (χ0n) is 17.6. The molecular formula is C24H19BrN2O7. The van der Waals surface area contributed by atoms with Gasteiger partial charge in [0.05, 0.1) is 9.40 Å². The number of hydrogen-bond acceptors (Lipinski definition) is 6. The molecule has 0 heterocycles. The number of nitro benzene ring substituents is 1. The predicted octanol–water partition coefficient (Wildman–Crippen LogP) is 4.60. The van der Waals surface area contributed by atoms with Crippen molar-refractivity contribution in [2.24, 2.45) is 0 Å². The van der Waals surface area contributed by atoms with Gasteiger partial charge in [-0.2, -0.15) is 0 Å². The van der Waals surface area contributed by atoms with Gasteiger partial charge in [0.2, 0.25) is 0 Å². The van der Waals surface area contributed by atoms with Crippen LogP contribution in [0.25, 0.3) is 11.1 Å². The van der Waals surface area contributed by atoms with Gasteiger partial charge >= 0.3 is 12.1 Å². The van der Waals surface area contributed by atoms with Gasteiger partial charge < -0.3 is 20.3 Å². The number of hydrogen-bond donors (Lipinski definition) is 3. The van der Waals surface area contributed by atoms with Crippen molar-refractivity contribution in [1.29, 1.82) is 0 Å². The number of rotatable bonds is 7. The molecular weight excluding hydrogens is 508 g/mol. The number of phenolic OH excluding ortho intramolecular Hbond substituents is 1. The number of nitrogens with one attached hydrogen (secondary N) is 1. The molecule has 174 valence electrons. The number of ether oxygens (including phenoxy) is 1. The first-order chi connectivity index (χ1) is 16.3. The minimum Gasteiger partial charge on any atom is -0.508 e. The number of nitro groups is 1. The third-order valence-corrected chi connectivity index (χ3v) is 6.34. The second-order valence-electron chi connectivity index (χ2n) is 7.75. The first-order valence-electron chi connectivity index (χ1n) is 10.3. The summed E-state index contributed by atoms with van der Waals surface area (Å²) in [6, 6.07) is 16.3. The number of carboxylic acid groups (broad SMARTS) is 1. The number of benzene rings is 3. The van der Waals surface area contributed by atoms with Crippen molar-refractivity contribution in [2.45, 2.75) is 18.4 Å². The van der Waals surface area contributed by atoms with Crippen LogP contribution in [0.4, 0.5) is 10.5 Å². The third kappa shape index (κ3) is 4.58. The van der Waals surface area contributed by atoms with Crippen LogP contribution in [-0.4, -0.2) is 39.8 Å². The molecule has 4 rings (SSSR count). The van der Waals surface area contributed by atoms with Crippen LogP contribution in [0.15, 0.2) is 65.1 Å². The average Bonchev–Trinajstić information content (AvgIpc) is 3.12. The highest BCUT2D eigenvalue weighted by Crippen LogP contribution is 2.44. The maximum absolute atomic E-state index is 12.5. The van der Waals surface area contributed by atoms with Crippen LogP contribution < -0.4 is 5.32 Å². The Morgan fingerprint density at radius 1 is 1.09 bits per heavy atom. The summed E-state index contributed by atoms with van der Waals surface area (Å²) in [5.41, 5.74) is 3.81. The molecule has 0 saturated carbocycles. The summed E-state index contributed by atoms with van der Waals surface area (Å²) < 4.78 is 5.43. The molecule has 3 N–H and O–H groups in total. The van der Waals surface area contributed by atoms with Crippen molar-refractivity contribution in [3.8, 4) is 16.9 Å². The summed E-state index contributed by atoms with van der Waals surface area (Å²) in [4.78, 5) is 34.7. The SMILES string of the molecule is O=C(NC(Cc1cc([N+](=O)[O-])c(Br)cc1O)C(=O)O)OCC1c2ccccc2-c2ccccc21. The molecule has 3 aromatic carbocycles. The van der Waals surface area contributed by atoms with Gasteiger partial charge in [0.15, 0.2) is 0 Å². The van der Waals surface area contributed by atoms with E-state index in [0.717, 1.165) is 34.4 Å². The van der Waals surface area contributed by atoms with Crippen molar-refractivity contribution >= 4 is 33.7 Å². The van der Waals surface area contributed by atoms with Crippen molar-refractivity contribution in [2.75, 3.05) is 6.61 Å². The van der Waals surface area contributed by atoms with Crippen LogP contribution >= 0.6 is 15.9 Å². The van der Waals surface area contributed by atoms with Crippen molar-refractivity contribution in [1.82, 2.24) is 5.32 Å². The molecule has 3 aromatic rings. The summed E-state index contributed by atoms with van der Waals surface area (Å²) in [5, 5.41) is 33.1. The predicted molar refractivity (Wildman–Crippen MR) is 126 cm³/mol. The number of halogens is 1. The molecule has 0 radical (unpaired) electrons. The Bertz CT molecular complexity index is 1250. The average molecular weight is 527 g/mol. The first-order valence-corrected chi connectivity index (χ1v) is 11.1. The van der Waals surface area contributed by atoms with Gasteiger partial charge in [0.25, 0.3) is 5.69 Å². The summed E-state index contributed by atoms with van der Waals surface area (Å²) in [6.45, 7) is 0.00120. The zero-order valence-corrected chi connectivity index (χ0v) is 19.2. The molecule has 0 spiro atoms. The molecule has 10 heteroatoms. The Morgan fingerprint density at radius 2 is 1.68 bits per heavy atom. The maximum Gasteiger partial charge on any atom is 0.407 e. The van der Waals surface area contributed by atoms with E-state index in [9.17, 15) is 29.9 Å². The van der Waals surface area contributed by atoms with E-state index in [1.54, 1.807) is 0 Å². The molecule has 1 amide bonds. The number of alkyl carbamates (subject to hydrolysis) is 1. The number of carbonyl (C=O) groups is 2. The Balaban J connectivity index is 1.46. The minimum atomic E-state index is -1.47. The van der Waals surface area contributed by atoms with Gasteiger partial charge in [-0.3, -0.25) is 10.1 Å². The van der Waals surface area contributed by atoms with Crippen LogP contribution in [0.5, 0.6) is 5.75 Å². The number of fused-ring (bicyclic) bond motifs is 3. The lowest BCUT2D eigenvalue weighted by Crippen LogP contribution is -2.43. The van der Waals surface area contributed by atoms with Gasteiger partial charge in [-0.15, -0.1) is 0 Å². The van der Waals surface area contributed by atoms with Crippen LogP contribution in [0.1, 0.15) is 22.6 Å². The largest absolute Gasteiger partial charge is 0.508 e. The van der Waals surface area contributed by atoms with Crippen molar-refractivity contribution in [3.05, 3.63) is 91.9 Å². The van der Waals surface area contributed by atoms with E-state index < -0.39 is 23.0 Å². The Kier molecular flexibility index (Phi) is 6.51. The molecule has 0 aliphatic heterocycles. The monoisotopic (exact) mass is 526 g/mol. The molecule has 1 atom stereocenters. The highest BCUT2D eigenvalue weighted by Gasteiger charge is 2.30. The molecule has 1 aliphatic rings. The maximum atomic E-state index is 12.5. The van der Waals surface area contributed by atoms with Crippen LogP contribution in [0, 0.1) is 10.1 Å². The lowest BCUT2D eigenvalue weighted by atomic mass is 9.98. The van der Waals surface area contributed by atoms with E-state index in [1.807, 2.05) is 48.5 Å². The fourth-order valence-electron chi connectivity index (χ4n) is 4.10. The van der Waals surface area contributed by atoms with E-state index in [2.05, 4.69) is 21.2 Å². The molecule has 0 fully saturated rings. The molecule has 1 unspecified atom stereocenters. The number of phenols is 1. The summed E-state index contributed by atoms with van der Waals surface area (Å²) in [7, 11) is 0. The lowest BCUT2D eigenvalue weighted by molar-refractivity contribution is -0.385. The molecule has 1 aliphatic carbocycles. The highest BCUT2D eigenvalue weighted by atomic mass is 79.9. The second-order valence-corrected chi connectivity index (χ2v) is 8.61.